The van der Waals surface area contributed by atoms with Gasteiger partial charge in [-0.1, -0.05) is 18.2 Å². The Morgan fingerprint density at radius 2 is 2.10 bits per heavy atom. The summed E-state index contributed by atoms with van der Waals surface area (Å²) >= 11 is 3.00. The van der Waals surface area contributed by atoms with Crippen molar-refractivity contribution in [2.75, 3.05) is 5.75 Å². The van der Waals surface area contributed by atoms with Gasteiger partial charge in [-0.15, -0.1) is 0 Å². The molecule has 20 heavy (non-hydrogen) atoms. The number of aromatic amines is 1. The van der Waals surface area contributed by atoms with Crippen LogP contribution in [0.5, 0.6) is 0 Å². The molecule has 0 aliphatic rings. The number of benzene rings is 1. The Bertz CT molecular complexity index is 756. The monoisotopic (exact) mass is 362 g/mol. The van der Waals surface area contributed by atoms with E-state index >= 15 is 0 Å². The molecule has 0 spiro atoms. The summed E-state index contributed by atoms with van der Waals surface area (Å²) in [6, 6.07) is 5.51. The molecule has 0 atom stereocenters. The highest BCUT2D eigenvalue weighted by Crippen LogP contribution is 2.22. The summed E-state index contributed by atoms with van der Waals surface area (Å²) in [7, 11) is -3.91. The molecule has 0 aliphatic carbocycles. The van der Waals surface area contributed by atoms with Crippen molar-refractivity contribution in [1.29, 1.82) is 0 Å². The molecular formula is C12H9BrF2N2O2S. The fourth-order valence-corrected chi connectivity index (χ4v) is 3.60. The minimum Gasteiger partial charge on any atom is -0.266 e. The average molecular weight is 363 g/mol. The van der Waals surface area contributed by atoms with Gasteiger partial charge in [-0.25, -0.2) is 17.2 Å². The SMILES string of the molecule is O=S(=O)(CC(F)=Cc1ccccc1F)c1[nH]ncc1Br. The lowest BCUT2D eigenvalue weighted by Crippen LogP contribution is -2.08. The number of hydrogen-bond acceptors (Lipinski definition) is 3. The summed E-state index contributed by atoms with van der Waals surface area (Å²) in [5.74, 6) is -2.46. The maximum atomic E-state index is 13.8. The molecule has 2 aromatic rings. The van der Waals surface area contributed by atoms with Crippen molar-refractivity contribution in [3.05, 3.63) is 52.1 Å². The van der Waals surface area contributed by atoms with Crippen LogP contribution in [-0.2, 0) is 9.84 Å². The van der Waals surface area contributed by atoms with Crippen molar-refractivity contribution in [1.82, 2.24) is 10.2 Å². The first-order chi connectivity index (χ1) is 9.40. The van der Waals surface area contributed by atoms with Crippen molar-refractivity contribution in [2.24, 2.45) is 0 Å². The van der Waals surface area contributed by atoms with E-state index in [-0.39, 0.29) is 15.1 Å². The van der Waals surface area contributed by atoms with E-state index < -0.39 is 27.2 Å². The van der Waals surface area contributed by atoms with Gasteiger partial charge in [0.25, 0.3) is 0 Å². The Morgan fingerprint density at radius 1 is 1.40 bits per heavy atom. The predicted molar refractivity (Wildman–Crippen MR) is 73.8 cm³/mol. The van der Waals surface area contributed by atoms with Crippen LogP contribution in [0.25, 0.3) is 6.08 Å². The van der Waals surface area contributed by atoms with Crippen LogP contribution in [0, 0.1) is 5.82 Å². The lowest BCUT2D eigenvalue weighted by atomic mass is 10.2. The van der Waals surface area contributed by atoms with Gasteiger partial charge >= 0.3 is 0 Å². The standard InChI is InChI=1S/C12H9BrF2N2O2S/c13-10-6-16-17-12(10)20(18,19)7-9(14)5-8-3-1-2-4-11(8)15/h1-6H,7H2,(H,16,17). The quantitative estimate of drug-likeness (QED) is 0.908. The molecule has 106 valence electrons. The lowest BCUT2D eigenvalue weighted by Gasteiger charge is -2.01. The number of nitrogens with zero attached hydrogens (tertiary/aromatic N) is 1. The molecular weight excluding hydrogens is 354 g/mol. The zero-order valence-corrected chi connectivity index (χ0v) is 12.4. The summed E-state index contributed by atoms with van der Waals surface area (Å²) in [6.07, 6.45) is 2.11. The van der Waals surface area contributed by atoms with Gasteiger partial charge in [0.2, 0.25) is 9.84 Å². The molecule has 0 saturated carbocycles. The summed E-state index contributed by atoms with van der Waals surface area (Å²) in [5, 5.41) is 5.60. The fourth-order valence-electron chi connectivity index (χ4n) is 1.53. The molecule has 1 aromatic heterocycles. The number of sulfone groups is 1. The van der Waals surface area contributed by atoms with E-state index in [0.717, 1.165) is 6.08 Å². The molecule has 0 bridgehead atoms. The van der Waals surface area contributed by atoms with Crippen LogP contribution in [0.3, 0.4) is 0 Å². The maximum Gasteiger partial charge on any atom is 0.202 e. The molecule has 0 unspecified atom stereocenters. The van der Waals surface area contributed by atoms with Crippen LogP contribution in [0.4, 0.5) is 8.78 Å². The Morgan fingerprint density at radius 3 is 2.70 bits per heavy atom. The normalized spacial score (nSPS) is 12.7. The highest BCUT2D eigenvalue weighted by atomic mass is 79.9. The second-order valence-electron chi connectivity index (χ2n) is 3.92. The van der Waals surface area contributed by atoms with Crippen molar-refractivity contribution in [3.63, 3.8) is 0 Å². The van der Waals surface area contributed by atoms with E-state index in [1.54, 1.807) is 0 Å². The number of rotatable bonds is 4. The van der Waals surface area contributed by atoms with Crippen LogP contribution in [0.1, 0.15) is 5.56 Å². The number of nitrogens with one attached hydrogen (secondary N) is 1. The van der Waals surface area contributed by atoms with Crippen LogP contribution in [-0.4, -0.2) is 24.4 Å². The summed E-state index contributed by atoms with van der Waals surface area (Å²) in [4.78, 5) is 0. The van der Waals surface area contributed by atoms with Gasteiger partial charge < -0.3 is 0 Å². The number of halogens is 3. The van der Waals surface area contributed by atoms with Crippen LogP contribution < -0.4 is 0 Å². The zero-order chi connectivity index (χ0) is 14.8. The first-order valence-corrected chi connectivity index (χ1v) is 7.87. The number of hydrogen-bond donors (Lipinski definition) is 1. The second-order valence-corrected chi connectivity index (χ2v) is 6.70. The third-order valence-electron chi connectivity index (χ3n) is 2.42. The van der Waals surface area contributed by atoms with E-state index in [4.69, 9.17) is 0 Å². The van der Waals surface area contributed by atoms with Crippen molar-refractivity contribution >= 4 is 31.8 Å². The van der Waals surface area contributed by atoms with Gasteiger partial charge in [-0.3, -0.25) is 5.10 Å². The summed E-state index contributed by atoms with van der Waals surface area (Å²) in [6.45, 7) is 0. The van der Waals surface area contributed by atoms with Crippen LogP contribution in [0.2, 0.25) is 0 Å². The first-order valence-electron chi connectivity index (χ1n) is 5.42. The Labute approximate surface area is 122 Å². The molecule has 0 aliphatic heterocycles. The third kappa shape index (κ3) is 3.31. The smallest absolute Gasteiger partial charge is 0.202 e. The Hall–Kier alpha value is -1.54. The van der Waals surface area contributed by atoms with Gasteiger partial charge in [-0.05, 0) is 28.1 Å². The van der Waals surface area contributed by atoms with Crippen LogP contribution >= 0.6 is 15.9 Å². The van der Waals surface area contributed by atoms with Gasteiger partial charge in [0, 0.05) is 5.56 Å². The van der Waals surface area contributed by atoms with Gasteiger partial charge in [0.15, 0.2) is 5.03 Å². The molecule has 0 amide bonds. The van der Waals surface area contributed by atoms with Gasteiger partial charge in [-0.2, -0.15) is 5.10 Å². The summed E-state index contributed by atoms with van der Waals surface area (Å²) < 4.78 is 51.2. The minimum atomic E-state index is -3.91. The molecule has 1 aromatic carbocycles. The van der Waals surface area contributed by atoms with E-state index in [0.29, 0.717) is 0 Å². The van der Waals surface area contributed by atoms with Crippen molar-refractivity contribution < 1.29 is 17.2 Å². The predicted octanol–water partition coefficient (Wildman–Crippen LogP) is 3.10. The van der Waals surface area contributed by atoms with E-state index in [9.17, 15) is 17.2 Å². The van der Waals surface area contributed by atoms with E-state index in [1.165, 1.54) is 30.5 Å². The largest absolute Gasteiger partial charge is 0.266 e. The molecule has 0 radical (unpaired) electrons. The number of H-pyrrole nitrogens is 1. The molecule has 4 nitrogen and oxygen atoms in total. The number of aromatic nitrogens is 2. The highest BCUT2D eigenvalue weighted by Gasteiger charge is 2.22. The Balaban J connectivity index is 2.26. The van der Waals surface area contributed by atoms with E-state index in [2.05, 4.69) is 26.1 Å². The topological polar surface area (TPSA) is 62.8 Å². The molecule has 0 saturated heterocycles. The van der Waals surface area contributed by atoms with E-state index in [1.807, 2.05) is 0 Å². The third-order valence-corrected chi connectivity index (χ3v) is 4.87. The van der Waals surface area contributed by atoms with Crippen molar-refractivity contribution in [3.8, 4) is 0 Å². The highest BCUT2D eigenvalue weighted by molar-refractivity contribution is 9.10. The summed E-state index contributed by atoms with van der Waals surface area (Å²) in [5.41, 5.74) is -0.0103. The molecule has 2 rings (SSSR count). The lowest BCUT2D eigenvalue weighted by molar-refractivity contribution is 0.580. The second kappa shape index (κ2) is 5.84. The molecule has 8 heteroatoms. The fraction of sp³-hybridized carbons (Fsp3) is 0.0833. The molecule has 1 heterocycles. The first kappa shape index (κ1) is 14.9. The van der Waals surface area contributed by atoms with Gasteiger partial charge in [0.1, 0.15) is 17.4 Å². The zero-order valence-electron chi connectivity index (χ0n) is 9.98. The molecule has 1 N–H and O–H groups in total. The average Bonchev–Trinajstić information content (AvgIpc) is 2.78. The molecule has 0 fully saturated rings. The maximum absolute atomic E-state index is 13.8. The minimum absolute atomic E-state index is 0.0103. The Kier molecular flexibility index (Phi) is 4.34. The van der Waals surface area contributed by atoms with Crippen LogP contribution in [0.15, 0.2) is 45.8 Å². The van der Waals surface area contributed by atoms with Gasteiger partial charge in [0.05, 0.1) is 10.7 Å². The van der Waals surface area contributed by atoms with Crippen molar-refractivity contribution in [2.45, 2.75) is 5.03 Å².